The van der Waals surface area contributed by atoms with Crippen LogP contribution >= 0.6 is 0 Å². The molecule has 1 saturated carbocycles. The maximum atomic E-state index is 12.0. The van der Waals surface area contributed by atoms with Gasteiger partial charge in [-0.15, -0.1) is 0 Å². The highest BCUT2D eigenvalue weighted by atomic mass is 32.2. The molecular formula is C12H15N3O4S. The Morgan fingerprint density at radius 2 is 2.05 bits per heavy atom. The molecule has 0 unspecified atom stereocenters. The first-order valence-corrected chi connectivity index (χ1v) is 7.70. The smallest absolute Gasteiger partial charge is 0.275 e. The van der Waals surface area contributed by atoms with Crippen LogP contribution in [-0.2, 0) is 10.0 Å². The fourth-order valence-corrected chi connectivity index (χ4v) is 2.68. The lowest BCUT2D eigenvalue weighted by Crippen LogP contribution is -2.21. The Labute approximate surface area is 116 Å². The first-order chi connectivity index (χ1) is 9.39. The van der Waals surface area contributed by atoms with Gasteiger partial charge in [-0.05, 0) is 19.8 Å². The Morgan fingerprint density at radius 1 is 1.35 bits per heavy atom. The van der Waals surface area contributed by atoms with Crippen molar-refractivity contribution in [2.45, 2.75) is 30.8 Å². The molecule has 0 spiro atoms. The van der Waals surface area contributed by atoms with Crippen molar-refractivity contribution in [1.29, 1.82) is 0 Å². The van der Waals surface area contributed by atoms with E-state index in [1.54, 1.807) is 6.92 Å². The van der Waals surface area contributed by atoms with Gasteiger partial charge in [-0.25, -0.2) is 12.7 Å². The number of aryl methyl sites for hydroxylation is 1. The number of hydrogen-bond donors (Lipinski definition) is 0. The molecule has 0 radical (unpaired) electrons. The Hall–Kier alpha value is -1.67. The lowest BCUT2D eigenvalue weighted by atomic mass is 10.2. The Kier molecular flexibility index (Phi) is 2.94. The van der Waals surface area contributed by atoms with Crippen LogP contribution in [0, 0.1) is 6.92 Å². The van der Waals surface area contributed by atoms with Crippen LogP contribution in [0.4, 0.5) is 0 Å². The van der Waals surface area contributed by atoms with E-state index in [0.717, 1.165) is 17.1 Å². The van der Waals surface area contributed by atoms with E-state index in [0.29, 0.717) is 29.0 Å². The van der Waals surface area contributed by atoms with Crippen LogP contribution < -0.4 is 0 Å². The molecule has 7 nitrogen and oxygen atoms in total. The van der Waals surface area contributed by atoms with E-state index < -0.39 is 10.0 Å². The van der Waals surface area contributed by atoms with E-state index in [1.165, 1.54) is 20.2 Å². The minimum absolute atomic E-state index is 0.124. The molecule has 0 saturated heterocycles. The summed E-state index contributed by atoms with van der Waals surface area (Å²) in [6, 6.07) is 1.43. The minimum Gasteiger partial charge on any atom is -0.448 e. The van der Waals surface area contributed by atoms with E-state index in [2.05, 4.69) is 10.1 Å². The van der Waals surface area contributed by atoms with Gasteiger partial charge < -0.3 is 8.94 Å². The Morgan fingerprint density at radius 3 is 2.65 bits per heavy atom. The lowest BCUT2D eigenvalue weighted by Gasteiger charge is -2.07. The predicted octanol–water partition coefficient (Wildman–Crippen LogP) is 1.77. The molecule has 0 N–H and O–H groups in total. The molecule has 8 heteroatoms. The largest absolute Gasteiger partial charge is 0.448 e. The summed E-state index contributed by atoms with van der Waals surface area (Å²) in [5, 5.41) is 3.79. The normalized spacial score (nSPS) is 16.0. The molecule has 1 fully saturated rings. The van der Waals surface area contributed by atoms with Crippen LogP contribution in [0.2, 0.25) is 0 Å². The molecule has 1 aliphatic rings. The second kappa shape index (κ2) is 4.42. The lowest BCUT2D eigenvalue weighted by molar-refractivity contribution is 0.406. The average Bonchev–Trinajstić information content (AvgIpc) is 2.98. The summed E-state index contributed by atoms with van der Waals surface area (Å²) in [4.78, 5) is 4.30. The molecule has 1 aliphatic carbocycles. The molecule has 108 valence electrons. The van der Waals surface area contributed by atoms with Gasteiger partial charge in [-0.1, -0.05) is 5.16 Å². The summed E-state index contributed by atoms with van der Waals surface area (Å²) in [6.45, 7) is 1.67. The molecule has 2 aromatic heterocycles. The standard InChI is InChI=1S/C12H15N3O4S/c1-7-9(6-10(18-7)20(16,17)15(2)3)12-13-11(14-19-12)8-4-5-8/h6,8H,4-5H2,1-3H3. The van der Waals surface area contributed by atoms with Gasteiger partial charge in [-0.2, -0.15) is 4.98 Å². The number of rotatable bonds is 4. The maximum Gasteiger partial charge on any atom is 0.275 e. The van der Waals surface area contributed by atoms with E-state index in [-0.39, 0.29) is 5.09 Å². The second-order valence-electron chi connectivity index (χ2n) is 5.05. The van der Waals surface area contributed by atoms with E-state index in [4.69, 9.17) is 8.94 Å². The SMILES string of the molecule is Cc1oc(S(=O)(=O)N(C)C)cc1-c1nc(C2CC2)no1. The van der Waals surface area contributed by atoms with Crippen LogP contribution in [0.5, 0.6) is 0 Å². The summed E-state index contributed by atoms with van der Waals surface area (Å²) in [5.74, 6) is 1.80. The quantitative estimate of drug-likeness (QED) is 0.854. The monoisotopic (exact) mass is 297 g/mol. The van der Waals surface area contributed by atoms with Crippen molar-refractivity contribution in [2.24, 2.45) is 0 Å². The highest BCUT2D eigenvalue weighted by Crippen LogP contribution is 2.39. The van der Waals surface area contributed by atoms with E-state index >= 15 is 0 Å². The summed E-state index contributed by atoms with van der Waals surface area (Å²) < 4.78 is 35.6. The van der Waals surface area contributed by atoms with Crippen molar-refractivity contribution >= 4 is 10.0 Å². The highest BCUT2D eigenvalue weighted by molar-refractivity contribution is 7.88. The highest BCUT2D eigenvalue weighted by Gasteiger charge is 2.30. The zero-order valence-electron chi connectivity index (χ0n) is 11.5. The fourth-order valence-electron chi connectivity index (χ4n) is 1.83. The van der Waals surface area contributed by atoms with Gasteiger partial charge in [0.2, 0.25) is 5.09 Å². The van der Waals surface area contributed by atoms with Gasteiger partial charge >= 0.3 is 0 Å². The molecule has 3 rings (SSSR count). The Balaban J connectivity index is 2.00. The molecular weight excluding hydrogens is 282 g/mol. The van der Waals surface area contributed by atoms with Gasteiger partial charge in [0, 0.05) is 26.1 Å². The van der Waals surface area contributed by atoms with Crippen molar-refractivity contribution in [2.75, 3.05) is 14.1 Å². The van der Waals surface area contributed by atoms with E-state index in [1.807, 2.05) is 0 Å². The van der Waals surface area contributed by atoms with Crippen LogP contribution in [0.25, 0.3) is 11.5 Å². The second-order valence-corrected chi connectivity index (χ2v) is 7.14. The number of nitrogens with zero attached hydrogens (tertiary/aromatic N) is 3. The van der Waals surface area contributed by atoms with Crippen LogP contribution in [-0.4, -0.2) is 37.0 Å². The molecule has 2 heterocycles. The third-order valence-corrected chi connectivity index (χ3v) is 4.92. The van der Waals surface area contributed by atoms with Gasteiger partial charge in [0.05, 0.1) is 5.56 Å². The number of hydrogen-bond acceptors (Lipinski definition) is 6. The van der Waals surface area contributed by atoms with Crippen molar-refractivity contribution in [1.82, 2.24) is 14.4 Å². The number of aromatic nitrogens is 2. The number of sulfonamides is 1. The van der Waals surface area contributed by atoms with Gasteiger partial charge in [0.25, 0.3) is 15.9 Å². The summed E-state index contributed by atoms with van der Waals surface area (Å²) in [5.41, 5.74) is 0.518. The van der Waals surface area contributed by atoms with E-state index in [9.17, 15) is 8.42 Å². The molecule has 0 bridgehead atoms. The maximum absolute atomic E-state index is 12.0. The van der Waals surface area contributed by atoms with Crippen LogP contribution in [0.15, 0.2) is 20.1 Å². The number of furan rings is 1. The zero-order valence-corrected chi connectivity index (χ0v) is 12.3. The average molecular weight is 297 g/mol. The van der Waals surface area contributed by atoms with Gasteiger partial charge in [-0.3, -0.25) is 0 Å². The van der Waals surface area contributed by atoms with Gasteiger partial charge in [0.15, 0.2) is 5.82 Å². The van der Waals surface area contributed by atoms with Crippen molar-refractivity contribution in [3.63, 3.8) is 0 Å². The fraction of sp³-hybridized carbons (Fsp3) is 0.500. The molecule has 0 amide bonds. The molecule has 2 aromatic rings. The first-order valence-electron chi connectivity index (χ1n) is 6.26. The third kappa shape index (κ3) is 2.14. The zero-order chi connectivity index (χ0) is 14.5. The van der Waals surface area contributed by atoms with Crippen molar-refractivity contribution in [3.05, 3.63) is 17.7 Å². The van der Waals surface area contributed by atoms with Crippen LogP contribution in [0.3, 0.4) is 0 Å². The summed E-state index contributed by atoms with van der Waals surface area (Å²) in [7, 11) is -0.709. The molecule has 0 aliphatic heterocycles. The van der Waals surface area contributed by atoms with Crippen molar-refractivity contribution in [3.8, 4) is 11.5 Å². The summed E-state index contributed by atoms with van der Waals surface area (Å²) >= 11 is 0. The topological polar surface area (TPSA) is 89.4 Å². The van der Waals surface area contributed by atoms with Crippen molar-refractivity contribution < 1.29 is 17.4 Å². The van der Waals surface area contributed by atoms with Gasteiger partial charge in [0.1, 0.15) is 5.76 Å². The summed E-state index contributed by atoms with van der Waals surface area (Å²) in [6.07, 6.45) is 2.15. The first kappa shape index (κ1) is 13.3. The Bertz CT molecular complexity index is 741. The predicted molar refractivity (Wildman–Crippen MR) is 69.6 cm³/mol. The minimum atomic E-state index is -3.61. The molecule has 0 aromatic carbocycles. The van der Waals surface area contributed by atoms with Crippen LogP contribution in [0.1, 0.15) is 30.3 Å². The molecule has 20 heavy (non-hydrogen) atoms. The third-order valence-electron chi connectivity index (χ3n) is 3.24. The molecule has 0 atom stereocenters.